The molecule has 0 fully saturated rings. The van der Waals surface area contributed by atoms with Crippen LogP contribution in [-0.4, -0.2) is 51.8 Å². The van der Waals surface area contributed by atoms with Crippen LogP contribution in [0.3, 0.4) is 0 Å². The van der Waals surface area contributed by atoms with Crippen molar-refractivity contribution < 1.29 is 9.59 Å². The topological polar surface area (TPSA) is 92.2 Å². The number of carbonyl (C=O) groups is 2. The molecule has 0 spiro atoms. The number of nitrogens with one attached hydrogen (secondary N) is 2. The minimum absolute atomic E-state index is 0.0235. The molecule has 1 atom stereocenters. The summed E-state index contributed by atoms with van der Waals surface area (Å²) < 4.78 is 0. The Morgan fingerprint density at radius 1 is 1.28 bits per heavy atom. The summed E-state index contributed by atoms with van der Waals surface area (Å²) in [5.41, 5.74) is 1.62. The molecule has 0 aliphatic carbocycles. The number of carbonyl (C=O) groups excluding carboxylic acids is 2. The summed E-state index contributed by atoms with van der Waals surface area (Å²) in [6, 6.07) is 7.50. The van der Waals surface area contributed by atoms with Gasteiger partial charge in [-0.05, 0) is 31.7 Å². The summed E-state index contributed by atoms with van der Waals surface area (Å²) in [5.74, 6) is 0.211. The van der Waals surface area contributed by atoms with Crippen molar-refractivity contribution in [2.24, 2.45) is 7.05 Å². The molecule has 1 aromatic carbocycles. The summed E-state index contributed by atoms with van der Waals surface area (Å²) >= 11 is 0. The number of aromatic nitrogens is 3. The van der Waals surface area contributed by atoms with Crippen LogP contribution in [0.4, 0.5) is 5.82 Å². The Balaban J connectivity index is 1.92. The lowest BCUT2D eigenvalue weighted by Gasteiger charge is -2.24. The van der Waals surface area contributed by atoms with Crippen LogP contribution in [0.25, 0.3) is 0 Å². The molecule has 0 saturated heterocycles. The van der Waals surface area contributed by atoms with Crippen LogP contribution in [-0.2, 0) is 18.4 Å². The first-order valence-electron chi connectivity index (χ1n) is 8.06. The zero-order valence-corrected chi connectivity index (χ0v) is 15.0. The predicted molar refractivity (Wildman–Crippen MR) is 95.0 cm³/mol. The van der Waals surface area contributed by atoms with Crippen LogP contribution in [0.5, 0.6) is 0 Å². The first-order valence-corrected chi connectivity index (χ1v) is 8.06. The quantitative estimate of drug-likeness (QED) is 0.782. The van der Waals surface area contributed by atoms with Crippen LogP contribution in [0.1, 0.15) is 29.3 Å². The largest absolute Gasteiger partial charge is 0.359 e. The smallest absolute Gasteiger partial charge is 0.256 e. The predicted octanol–water partition coefficient (Wildman–Crippen LogP) is 1.02. The van der Waals surface area contributed by atoms with Gasteiger partial charge in [0.2, 0.25) is 5.91 Å². The molecule has 0 radical (unpaired) electrons. The van der Waals surface area contributed by atoms with Gasteiger partial charge in [-0.15, -0.1) is 5.10 Å². The molecule has 0 saturated carbocycles. The molecule has 2 N–H and O–H groups in total. The van der Waals surface area contributed by atoms with E-state index < -0.39 is 0 Å². The van der Waals surface area contributed by atoms with Crippen LogP contribution in [0.2, 0.25) is 0 Å². The van der Waals surface area contributed by atoms with Gasteiger partial charge in [-0.25, -0.2) is 0 Å². The van der Waals surface area contributed by atoms with E-state index in [1.54, 1.807) is 26.2 Å². The van der Waals surface area contributed by atoms with Gasteiger partial charge < -0.3 is 10.6 Å². The lowest BCUT2D eigenvalue weighted by molar-refractivity contribution is -0.121. The average Bonchev–Trinajstić information content (AvgIpc) is 3.00. The summed E-state index contributed by atoms with van der Waals surface area (Å²) in [6.07, 6.45) is 1.95. The summed E-state index contributed by atoms with van der Waals surface area (Å²) in [5, 5.41) is 13.3. The summed E-state index contributed by atoms with van der Waals surface area (Å²) in [4.78, 5) is 27.1. The fraction of sp³-hybridized carbons (Fsp3) is 0.412. The molecule has 1 unspecified atom stereocenters. The number of aryl methyl sites for hydroxylation is 1. The fourth-order valence-corrected chi connectivity index (χ4v) is 2.32. The molecule has 2 amide bonds. The maximum atomic E-state index is 12.2. The molecule has 25 heavy (non-hydrogen) atoms. The number of anilines is 1. The van der Waals surface area contributed by atoms with Crippen LogP contribution in [0.15, 0.2) is 30.5 Å². The van der Waals surface area contributed by atoms with Gasteiger partial charge in [-0.3, -0.25) is 14.5 Å². The highest BCUT2D eigenvalue weighted by Gasteiger charge is 2.14. The number of benzene rings is 1. The molecule has 1 aromatic heterocycles. The molecular weight excluding hydrogens is 320 g/mol. The van der Waals surface area contributed by atoms with Gasteiger partial charge in [0, 0.05) is 38.7 Å². The number of nitrogens with zero attached hydrogens (tertiary/aromatic N) is 4. The maximum absolute atomic E-state index is 12.2. The van der Waals surface area contributed by atoms with Gasteiger partial charge in [0.25, 0.3) is 5.91 Å². The number of amides is 2. The Labute approximate surface area is 147 Å². The van der Waals surface area contributed by atoms with E-state index in [1.807, 2.05) is 26.1 Å². The molecule has 1 heterocycles. The summed E-state index contributed by atoms with van der Waals surface area (Å²) in [7, 11) is 5.30. The Bertz CT molecular complexity index is 725. The average molecular weight is 344 g/mol. The Kier molecular flexibility index (Phi) is 6.24. The zero-order chi connectivity index (χ0) is 18.4. The second-order valence-corrected chi connectivity index (χ2v) is 6.01. The van der Waals surface area contributed by atoms with E-state index in [0.717, 1.165) is 5.56 Å². The molecule has 0 bridgehead atoms. The van der Waals surface area contributed by atoms with Crippen LogP contribution in [0, 0.1) is 0 Å². The Morgan fingerprint density at radius 3 is 2.52 bits per heavy atom. The minimum Gasteiger partial charge on any atom is -0.359 e. The molecule has 0 aliphatic rings. The van der Waals surface area contributed by atoms with E-state index in [4.69, 9.17) is 0 Å². The molecule has 8 heteroatoms. The number of rotatable bonds is 7. The van der Waals surface area contributed by atoms with E-state index in [1.165, 1.54) is 11.0 Å². The first kappa shape index (κ1) is 18.6. The van der Waals surface area contributed by atoms with Crippen molar-refractivity contribution in [2.45, 2.75) is 25.9 Å². The highest BCUT2D eigenvalue weighted by molar-refractivity contribution is 6.03. The molecule has 0 aliphatic heterocycles. The van der Waals surface area contributed by atoms with Crippen molar-refractivity contribution in [3.63, 3.8) is 0 Å². The lowest BCUT2D eigenvalue weighted by Crippen LogP contribution is -2.33. The molecule has 2 aromatic rings. The van der Waals surface area contributed by atoms with Crippen molar-refractivity contribution >= 4 is 17.6 Å². The van der Waals surface area contributed by atoms with Crippen LogP contribution >= 0.6 is 0 Å². The van der Waals surface area contributed by atoms with Crippen molar-refractivity contribution in [3.8, 4) is 0 Å². The van der Waals surface area contributed by atoms with Crippen LogP contribution < -0.4 is 10.6 Å². The third kappa shape index (κ3) is 5.39. The van der Waals surface area contributed by atoms with E-state index in [0.29, 0.717) is 24.3 Å². The normalized spacial score (nSPS) is 12.0. The third-order valence-electron chi connectivity index (χ3n) is 4.00. The van der Waals surface area contributed by atoms with E-state index >= 15 is 0 Å². The number of hydrogen-bond donors (Lipinski definition) is 2. The van der Waals surface area contributed by atoms with Crippen molar-refractivity contribution in [1.82, 2.24) is 25.2 Å². The van der Waals surface area contributed by atoms with Gasteiger partial charge in [-0.1, -0.05) is 12.1 Å². The fourth-order valence-electron chi connectivity index (χ4n) is 2.32. The summed E-state index contributed by atoms with van der Waals surface area (Å²) in [6.45, 7) is 2.71. The molecule has 8 nitrogen and oxygen atoms in total. The highest BCUT2D eigenvalue weighted by Crippen LogP contribution is 2.11. The van der Waals surface area contributed by atoms with Gasteiger partial charge in [0.15, 0.2) is 5.82 Å². The molecule has 134 valence electrons. The Hall–Kier alpha value is -2.74. The van der Waals surface area contributed by atoms with Crippen molar-refractivity contribution in [3.05, 3.63) is 41.6 Å². The van der Waals surface area contributed by atoms with E-state index in [-0.39, 0.29) is 17.9 Å². The molecule has 2 rings (SSSR count). The van der Waals surface area contributed by atoms with Gasteiger partial charge in [0.1, 0.15) is 0 Å². The van der Waals surface area contributed by atoms with Crippen molar-refractivity contribution in [2.75, 3.05) is 19.4 Å². The molecular formula is C17H24N6O2. The highest BCUT2D eigenvalue weighted by atomic mass is 16.2. The monoisotopic (exact) mass is 344 g/mol. The van der Waals surface area contributed by atoms with E-state index in [9.17, 15) is 9.59 Å². The third-order valence-corrected chi connectivity index (χ3v) is 4.00. The standard InChI is InChI=1S/C17H24N6O2/c1-12(9-16(24)18-2)22(3)11-13-5-7-14(8-6-13)17(25)20-15-10-19-23(4)21-15/h5-8,10,12H,9,11H2,1-4H3,(H,18,24)(H,20,21,25). The van der Waals surface area contributed by atoms with Gasteiger partial charge >= 0.3 is 0 Å². The minimum atomic E-state index is -0.228. The Morgan fingerprint density at radius 2 is 1.96 bits per heavy atom. The lowest BCUT2D eigenvalue weighted by atomic mass is 10.1. The second-order valence-electron chi connectivity index (χ2n) is 6.01. The number of hydrogen-bond acceptors (Lipinski definition) is 5. The maximum Gasteiger partial charge on any atom is 0.256 e. The van der Waals surface area contributed by atoms with E-state index in [2.05, 4.69) is 25.7 Å². The van der Waals surface area contributed by atoms with Gasteiger partial charge in [-0.2, -0.15) is 9.90 Å². The first-order chi connectivity index (χ1) is 11.9. The van der Waals surface area contributed by atoms with Crippen molar-refractivity contribution in [1.29, 1.82) is 0 Å². The second kappa shape index (κ2) is 8.39. The van der Waals surface area contributed by atoms with Gasteiger partial charge in [0.05, 0.1) is 6.20 Å². The SMILES string of the molecule is CNC(=O)CC(C)N(C)Cc1ccc(C(=O)Nc2cnn(C)n2)cc1. The zero-order valence-electron chi connectivity index (χ0n) is 15.0.